The molecule has 0 saturated carbocycles. The Hall–Kier alpha value is -2.79. The average Bonchev–Trinajstić information content (AvgIpc) is 2.69. The number of ether oxygens (including phenoxy) is 1. The van der Waals surface area contributed by atoms with Gasteiger partial charge in [0.15, 0.2) is 0 Å². The van der Waals surface area contributed by atoms with Gasteiger partial charge in [0.1, 0.15) is 11.5 Å². The fraction of sp³-hybridized carbons (Fsp3) is 0.286. The van der Waals surface area contributed by atoms with E-state index in [4.69, 9.17) is 4.74 Å². The van der Waals surface area contributed by atoms with Crippen molar-refractivity contribution in [1.82, 2.24) is 9.80 Å². The van der Waals surface area contributed by atoms with E-state index in [1.54, 1.807) is 24.1 Å². The van der Waals surface area contributed by atoms with Crippen molar-refractivity contribution in [2.75, 3.05) is 39.8 Å². The second kappa shape index (κ2) is 8.54. The second-order valence-corrected chi connectivity index (χ2v) is 6.29. The van der Waals surface area contributed by atoms with Crippen LogP contribution < -0.4 is 4.74 Å². The summed E-state index contributed by atoms with van der Waals surface area (Å²) in [5.41, 5.74) is 1.48. The Bertz CT molecular complexity index is 766. The molecule has 5 nitrogen and oxygen atoms in total. The average molecular weight is 352 g/mol. The smallest absolute Gasteiger partial charge is 0.257 e. The first-order valence-corrected chi connectivity index (χ1v) is 8.77. The first-order valence-electron chi connectivity index (χ1n) is 8.77. The number of carbonyl (C=O) groups is 1. The second-order valence-electron chi connectivity index (χ2n) is 6.29. The zero-order chi connectivity index (χ0) is 18.4. The van der Waals surface area contributed by atoms with Crippen molar-refractivity contribution in [2.45, 2.75) is 0 Å². The maximum absolute atomic E-state index is 12.7. The first kappa shape index (κ1) is 18.0. The van der Waals surface area contributed by atoms with Crippen LogP contribution in [0, 0.1) is 0 Å². The molecule has 26 heavy (non-hydrogen) atoms. The molecule has 5 heteroatoms. The number of phenols is 1. The Morgan fingerprint density at radius 2 is 1.85 bits per heavy atom. The van der Waals surface area contributed by atoms with Gasteiger partial charge in [-0.05, 0) is 23.8 Å². The van der Waals surface area contributed by atoms with E-state index < -0.39 is 0 Å². The summed E-state index contributed by atoms with van der Waals surface area (Å²) in [6.07, 6.45) is 4.27. The SMILES string of the molecule is COc1ccc(O)c(C(=O)N2CCN(C/C=C/c3ccccc3)CC2)c1. The molecule has 1 heterocycles. The zero-order valence-electron chi connectivity index (χ0n) is 15.0. The molecule has 3 rings (SSSR count). The third-order valence-corrected chi connectivity index (χ3v) is 4.57. The third-order valence-electron chi connectivity index (χ3n) is 4.57. The van der Waals surface area contributed by atoms with Gasteiger partial charge in [-0.25, -0.2) is 0 Å². The van der Waals surface area contributed by atoms with Crippen molar-refractivity contribution in [2.24, 2.45) is 0 Å². The minimum Gasteiger partial charge on any atom is -0.507 e. The lowest BCUT2D eigenvalue weighted by Crippen LogP contribution is -2.48. The maximum atomic E-state index is 12.7. The molecule has 1 aliphatic heterocycles. The summed E-state index contributed by atoms with van der Waals surface area (Å²) in [6.45, 7) is 3.79. The molecule has 0 aromatic heterocycles. The molecule has 136 valence electrons. The van der Waals surface area contributed by atoms with Gasteiger partial charge < -0.3 is 14.7 Å². The van der Waals surface area contributed by atoms with Crippen molar-refractivity contribution >= 4 is 12.0 Å². The number of benzene rings is 2. The van der Waals surface area contributed by atoms with Gasteiger partial charge in [0.2, 0.25) is 0 Å². The highest BCUT2D eigenvalue weighted by Crippen LogP contribution is 2.24. The molecule has 1 amide bonds. The lowest BCUT2D eigenvalue weighted by atomic mass is 10.1. The molecule has 0 atom stereocenters. The van der Waals surface area contributed by atoms with Gasteiger partial charge in [-0.3, -0.25) is 9.69 Å². The number of nitrogens with zero attached hydrogens (tertiary/aromatic N) is 2. The van der Waals surface area contributed by atoms with Crippen LogP contribution in [0.3, 0.4) is 0 Å². The lowest BCUT2D eigenvalue weighted by Gasteiger charge is -2.34. The van der Waals surface area contributed by atoms with Gasteiger partial charge in [0.05, 0.1) is 12.7 Å². The van der Waals surface area contributed by atoms with Gasteiger partial charge in [0, 0.05) is 32.7 Å². The van der Waals surface area contributed by atoms with E-state index in [1.807, 2.05) is 18.2 Å². The molecule has 0 aliphatic carbocycles. The van der Waals surface area contributed by atoms with E-state index in [0.29, 0.717) is 24.4 Å². The molecule has 1 aliphatic rings. The zero-order valence-corrected chi connectivity index (χ0v) is 15.0. The van der Waals surface area contributed by atoms with Crippen LogP contribution in [-0.4, -0.2) is 60.6 Å². The first-order chi connectivity index (χ1) is 12.7. The Morgan fingerprint density at radius 3 is 2.54 bits per heavy atom. The molecule has 2 aromatic rings. The Kier molecular flexibility index (Phi) is 5.92. The number of amides is 1. The van der Waals surface area contributed by atoms with E-state index in [-0.39, 0.29) is 11.7 Å². The van der Waals surface area contributed by atoms with Crippen molar-refractivity contribution in [3.63, 3.8) is 0 Å². The largest absolute Gasteiger partial charge is 0.507 e. The molecule has 0 unspecified atom stereocenters. The number of carbonyl (C=O) groups excluding carboxylic acids is 1. The minimum atomic E-state index is -0.152. The number of hydrogen-bond acceptors (Lipinski definition) is 4. The molecule has 2 aromatic carbocycles. The molecule has 1 fully saturated rings. The highest BCUT2D eigenvalue weighted by Gasteiger charge is 2.23. The van der Waals surface area contributed by atoms with Crippen LogP contribution in [0.2, 0.25) is 0 Å². The van der Waals surface area contributed by atoms with Gasteiger partial charge in [0.25, 0.3) is 5.91 Å². The monoisotopic (exact) mass is 352 g/mol. The summed E-state index contributed by atoms with van der Waals surface area (Å²) in [5.74, 6) is 0.403. The van der Waals surface area contributed by atoms with Gasteiger partial charge in [-0.1, -0.05) is 42.5 Å². The van der Waals surface area contributed by atoms with Crippen molar-refractivity contribution in [3.05, 3.63) is 65.7 Å². The number of methoxy groups -OCH3 is 1. The Labute approximate surface area is 154 Å². The molecule has 1 N–H and O–H groups in total. The number of aromatic hydroxyl groups is 1. The maximum Gasteiger partial charge on any atom is 0.257 e. The fourth-order valence-corrected chi connectivity index (χ4v) is 3.02. The number of hydrogen-bond donors (Lipinski definition) is 1. The van der Waals surface area contributed by atoms with Gasteiger partial charge in [-0.2, -0.15) is 0 Å². The summed E-state index contributed by atoms with van der Waals surface area (Å²) in [7, 11) is 1.54. The van der Waals surface area contributed by atoms with Crippen molar-refractivity contribution < 1.29 is 14.6 Å². The van der Waals surface area contributed by atoms with Crippen LogP contribution in [0.25, 0.3) is 6.08 Å². The molecule has 0 spiro atoms. The lowest BCUT2D eigenvalue weighted by molar-refractivity contribution is 0.0647. The summed E-state index contributed by atoms with van der Waals surface area (Å²) < 4.78 is 5.15. The van der Waals surface area contributed by atoms with Crippen molar-refractivity contribution in [1.29, 1.82) is 0 Å². The van der Waals surface area contributed by atoms with E-state index in [2.05, 4.69) is 29.2 Å². The van der Waals surface area contributed by atoms with E-state index >= 15 is 0 Å². The predicted octanol–water partition coefficient (Wildman–Crippen LogP) is 2.87. The predicted molar refractivity (Wildman–Crippen MR) is 102 cm³/mol. The molecule has 1 saturated heterocycles. The fourth-order valence-electron chi connectivity index (χ4n) is 3.02. The highest BCUT2D eigenvalue weighted by atomic mass is 16.5. The number of phenolic OH excluding ortho intramolecular Hbond substituents is 1. The summed E-state index contributed by atoms with van der Waals surface area (Å²) in [4.78, 5) is 16.8. The van der Waals surface area contributed by atoms with E-state index in [1.165, 1.54) is 11.6 Å². The van der Waals surface area contributed by atoms with E-state index in [0.717, 1.165) is 19.6 Å². The molecular weight excluding hydrogens is 328 g/mol. The Balaban J connectivity index is 1.53. The summed E-state index contributed by atoms with van der Waals surface area (Å²) in [5, 5.41) is 9.99. The van der Waals surface area contributed by atoms with Gasteiger partial charge >= 0.3 is 0 Å². The molecule has 0 bridgehead atoms. The topological polar surface area (TPSA) is 53.0 Å². The van der Waals surface area contributed by atoms with Crippen molar-refractivity contribution in [3.8, 4) is 11.5 Å². The molecule has 0 radical (unpaired) electrons. The minimum absolute atomic E-state index is 0.0102. The van der Waals surface area contributed by atoms with Gasteiger partial charge in [-0.15, -0.1) is 0 Å². The third kappa shape index (κ3) is 4.43. The summed E-state index contributed by atoms with van der Waals surface area (Å²) in [6, 6.07) is 14.9. The quantitative estimate of drug-likeness (QED) is 0.899. The normalized spacial score (nSPS) is 15.3. The van der Waals surface area contributed by atoms with Crippen LogP contribution in [0.4, 0.5) is 0 Å². The highest BCUT2D eigenvalue weighted by molar-refractivity contribution is 5.97. The van der Waals surface area contributed by atoms with Crippen LogP contribution in [0.5, 0.6) is 11.5 Å². The van der Waals surface area contributed by atoms with Crippen LogP contribution in [0.1, 0.15) is 15.9 Å². The standard InChI is InChI=1S/C21H24N2O3/c1-26-18-9-10-20(24)19(16-18)21(25)23-14-12-22(13-15-23)11-5-8-17-6-3-2-4-7-17/h2-10,16,24H,11-15H2,1H3/b8-5+. The summed E-state index contributed by atoms with van der Waals surface area (Å²) >= 11 is 0. The van der Waals surface area contributed by atoms with E-state index in [9.17, 15) is 9.90 Å². The molecular formula is C21H24N2O3. The number of rotatable bonds is 5. The van der Waals surface area contributed by atoms with Crippen LogP contribution in [-0.2, 0) is 0 Å². The Morgan fingerprint density at radius 1 is 1.12 bits per heavy atom. The van der Waals surface area contributed by atoms with Crippen LogP contribution in [0.15, 0.2) is 54.6 Å². The van der Waals surface area contributed by atoms with Crippen LogP contribution >= 0.6 is 0 Å². The number of piperazine rings is 1.